The lowest BCUT2D eigenvalue weighted by atomic mass is 9.98. The van der Waals surface area contributed by atoms with Gasteiger partial charge in [-0.25, -0.2) is 0 Å². The van der Waals surface area contributed by atoms with Crippen LogP contribution < -0.4 is 20.3 Å². The molecule has 0 radical (unpaired) electrons. The molecule has 1 saturated carbocycles. The van der Waals surface area contributed by atoms with Crippen molar-refractivity contribution in [2.45, 2.75) is 24.9 Å². The number of rotatable bonds is 9. The number of carbonyl (C=O) groups excluding carboxylic acids is 2. The van der Waals surface area contributed by atoms with Gasteiger partial charge in [-0.1, -0.05) is 42.5 Å². The zero-order chi connectivity index (χ0) is 19.9. The molecule has 3 rings (SSSR count). The van der Waals surface area contributed by atoms with Gasteiger partial charge < -0.3 is 20.3 Å². The largest absolute Gasteiger partial charge is 0.497 e. The molecule has 0 aromatic heterocycles. The number of quaternary nitrogens is 1. The van der Waals surface area contributed by atoms with Crippen LogP contribution in [0, 0.1) is 0 Å². The van der Waals surface area contributed by atoms with Crippen molar-refractivity contribution in [3.8, 4) is 5.75 Å². The van der Waals surface area contributed by atoms with Crippen LogP contribution in [0.1, 0.15) is 30.0 Å². The van der Waals surface area contributed by atoms with E-state index in [2.05, 4.69) is 10.6 Å². The molecular formula is C22H28N3O3+. The van der Waals surface area contributed by atoms with Gasteiger partial charge in [-0.05, 0) is 36.1 Å². The first-order valence-corrected chi connectivity index (χ1v) is 9.64. The molecule has 2 aromatic rings. The topological polar surface area (TPSA) is 71.9 Å². The molecular weight excluding hydrogens is 354 g/mol. The van der Waals surface area contributed by atoms with E-state index in [-0.39, 0.29) is 24.4 Å². The Kier molecular flexibility index (Phi) is 6.66. The Bertz CT molecular complexity index is 788. The molecule has 1 aliphatic carbocycles. The van der Waals surface area contributed by atoms with Crippen molar-refractivity contribution in [3.63, 3.8) is 0 Å². The lowest BCUT2D eigenvalue weighted by molar-refractivity contribution is -0.862. The molecule has 0 heterocycles. The van der Waals surface area contributed by atoms with Crippen molar-refractivity contribution in [3.05, 3.63) is 65.7 Å². The third-order valence-corrected chi connectivity index (χ3v) is 4.75. The van der Waals surface area contributed by atoms with E-state index in [1.165, 1.54) is 0 Å². The molecule has 2 atom stereocenters. The molecule has 2 aromatic carbocycles. The van der Waals surface area contributed by atoms with Crippen LogP contribution >= 0.6 is 0 Å². The van der Waals surface area contributed by atoms with Gasteiger partial charge in [0.1, 0.15) is 5.75 Å². The third kappa shape index (κ3) is 5.82. The Morgan fingerprint density at radius 1 is 1.00 bits per heavy atom. The molecule has 0 bridgehead atoms. The van der Waals surface area contributed by atoms with Crippen LogP contribution in [-0.2, 0) is 9.59 Å². The number of ether oxygens (including phenoxy) is 1. The van der Waals surface area contributed by atoms with E-state index >= 15 is 0 Å². The second-order valence-corrected chi connectivity index (χ2v) is 7.34. The SMILES string of the molecule is COc1ccc([C@@H](NC(=O)C[NH+](C)CC(=O)NC2CC2)c2ccccc2)cc1. The molecule has 6 heteroatoms. The van der Waals surface area contributed by atoms with E-state index < -0.39 is 0 Å². The Morgan fingerprint density at radius 2 is 1.61 bits per heavy atom. The van der Waals surface area contributed by atoms with E-state index in [9.17, 15) is 9.59 Å². The Labute approximate surface area is 165 Å². The van der Waals surface area contributed by atoms with Crippen molar-refractivity contribution < 1.29 is 19.2 Å². The van der Waals surface area contributed by atoms with E-state index in [0.29, 0.717) is 12.6 Å². The molecule has 148 valence electrons. The number of hydrogen-bond donors (Lipinski definition) is 3. The van der Waals surface area contributed by atoms with Gasteiger partial charge in [0.05, 0.1) is 20.2 Å². The summed E-state index contributed by atoms with van der Waals surface area (Å²) in [6.07, 6.45) is 2.12. The minimum absolute atomic E-state index is 0.00237. The second-order valence-electron chi connectivity index (χ2n) is 7.34. The van der Waals surface area contributed by atoms with Crippen molar-refractivity contribution in [1.29, 1.82) is 0 Å². The molecule has 0 saturated heterocycles. The zero-order valence-corrected chi connectivity index (χ0v) is 16.4. The standard InChI is InChI=1S/C22H27N3O3/c1-25(14-20(26)23-18-10-11-18)15-21(27)24-22(16-6-4-3-5-7-16)17-8-12-19(28-2)13-9-17/h3-9,12-13,18,22H,10-11,14-15H2,1-2H3,(H,23,26)(H,24,27)/p+1/t22-/m0/s1. The van der Waals surface area contributed by atoms with Gasteiger partial charge in [0.15, 0.2) is 13.1 Å². The van der Waals surface area contributed by atoms with Crippen molar-refractivity contribution >= 4 is 11.8 Å². The summed E-state index contributed by atoms with van der Waals surface area (Å²) in [5, 5.41) is 6.07. The van der Waals surface area contributed by atoms with Gasteiger partial charge in [0.2, 0.25) is 0 Å². The van der Waals surface area contributed by atoms with E-state index in [4.69, 9.17) is 4.74 Å². The van der Waals surface area contributed by atoms with Crippen LogP contribution in [0.5, 0.6) is 5.75 Å². The first-order valence-electron chi connectivity index (χ1n) is 9.64. The van der Waals surface area contributed by atoms with Crippen LogP contribution in [-0.4, -0.2) is 45.1 Å². The maximum atomic E-state index is 12.7. The van der Waals surface area contributed by atoms with E-state index in [1.54, 1.807) is 7.11 Å². The summed E-state index contributed by atoms with van der Waals surface area (Å²) in [4.78, 5) is 25.5. The highest BCUT2D eigenvalue weighted by molar-refractivity contribution is 5.79. The molecule has 1 fully saturated rings. The average Bonchev–Trinajstić information content (AvgIpc) is 3.50. The first-order chi connectivity index (χ1) is 13.5. The molecule has 0 aliphatic heterocycles. The molecule has 1 aliphatic rings. The number of methoxy groups -OCH3 is 1. The van der Waals surface area contributed by atoms with Crippen LogP contribution in [0.25, 0.3) is 0 Å². The zero-order valence-electron chi connectivity index (χ0n) is 16.4. The van der Waals surface area contributed by atoms with Crippen molar-refractivity contribution in [2.24, 2.45) is 0 Å². The molecule has 1 unspecified atom stereocenters. The van der Waals surface area contributed by atoms with Crippen LogP contribution in [0.2, 0.25) is 0 Å². The molecule has 0 spiro atoms. The highest BCUT2D eigenvalue weighted by Crippen LogP contribution is 2.24. The summed E-state index contributed by atoms with van der Waals surface area (Å²) in [6, 6.07) is 17.6. The predicted octanol–water partition coefficient (Wildman–Crippen LogP) is 0.694. The monoisotopic (exact) mass is 382 g/mol. The quantitative estimate of drug-likeness (QED) is 0.598. The predicted molar refractivity (Wildman–Crippen MR) is 107 cm³/mol. The number of amides is 2. The van der Waals surface area contributed by atoms with Crippen molar-refractivity contribution in [1.82, 2.24) is 10.6 Å². The normalized spacial score (nSPS) is 15.4. The van der Waals surface area contributed by atoms with Gasteiger partial charge in [0.25, 0.3) is 11.8 Å². The van der Waals surface area contributed by atoms with Crippen LogP contribution in [0.15, 0.2) is 54.6 Å². The minimum Gasteiger partial charge on any atom is -0.497 e. The molecule has 6 nitrogen and oxygen atoms in total. The average molecular weight is 382 g/mol. The maximum Gasteiger partial charge on any atom is 0.275 e. The molecule has 2 amide bonds. The van der Waals surface area contributed by atoms with Gasteiger partial charge in [-0.2, -0.15) is 0 Å². The third-order valence-electron chi connectivity index (χ3n) is 4.75. The summed E-state index contributed by atoms with van der Waals surface area (Å²) in [5.41, 5.74) is 1.98. The van der Waals surface area contributed by atoms with Gasteiger partial charge in [-0.15, -0.1) is 0 Å². The number of carbonyl (C=O) groups is 2. The number of benzene rings is 2. The summed E-state index contributed by atoms with van der Waals surface area (Å²) >= 11 is 0. The smallest absolute Gasteiger partial charge is 0.275 e. The Balaban J connectivity index is 1.64. The maximum absolute atomic E-state index is 12.7. The summed E-state index contributed by atoms with van der Waals surface area (Å²) in [5.74, 6) is 0.677. The fourth-order valence-corrected chi connectivity index (χ4v) is 3.13. The highest BCUT2D eigenvalue weighted by atomic mass is 16.5. The second kappa shape index (κ2) is 9.37. The van der Waals surface area contributed by atoms with Gasteiger partial charge in [-0.3, -0.25) is 9.59 Å². The molecule has 3 N–H and O–H groups in total. The lowest BCUT2D eigenvalue weighted by Crippen LogP contribution is -3.11. The summed E-state index contributed by atoms with van der Waals surface area (Å²) < 4.78 is 5.23. The number of nitrogens with one attached hydrogen (secondary N) is 3. The van der Waals surface area contributed by atoms with Crippen molar-refractivity contribution in [2.75, 3.05) is 27.2 Å². The van der Waals surface area contributed by atoms with Crippen LogP contribution in [0.4, 0.5) is 0 Å². The first kappa shape index (κ1) is 19.9. The molecule has 28 heavy (non-hydrogen) atoms. The minimum atomic E-state index is -0.257. The highest BCUT2D eigenvalue weighted by Gasteiger charge is 2.25. The summed E-state index contributed by atoms with van der Waals surface area (Å²) in [7, 11) is 3.49. The fourth-order valence-electron chi connectivity index (χ4n) is 3.13. The Hall–Kier alpha value is -2.86. The fraction of sp³-hybridized carbons (Fsp3) is 0.364. The van der Waals surface area contributed by atoms with E-state index in [0.717, 1.165) is 34.6 Å². The summed E-state index contributed by atoms with van der Waals surface area (Å²) in [6.45, 7) is 0.528. The van der Waals surface area contributed by atoms with Gasteiger partial charge >= 0.3 is 0 Å². The number of likely N-dealkylation sites (N-methyl/N-ethyl adjacent to an activating group) is 1. The van der Waals surface area contributed by atoms with Crippen LogP contribution in [0.3, 0.4) is 0 Å². The lowest BCUT2D eigenvalue weighted by Gasteiger charge is -2.21. The van der Waals surface area contributed by atoms with Gasteiger partial charge in [0, 0.05) is 6.04 Å². The Morgan fingerprint density at radius 3 is 2.21 bits per heavy atom. The number of hydrogen-bond acceptors (Lipinski definition) is 3. The van der Waals surface area contributed by atoms with E-state index in [1.807, 2.05) is 61.6 Å².